The summed E-state index contributed by atoms with van der Waals surface area (Å²) in [6.45, 7) is 11.2. The molecule has 0 aliphatic carbocycles. The number of nitrogens with one attached hydrogen (secondary N) is 1. The smallest absolute Gasteiger partial charge is 0.221 e. The summed E-state index contributed by atoms with van der Waals surface area (Å²) in [5.41, 5.74) is 0. The van der Waals surface area contributed by atoms with E-state index in [1.807, 2.05) is 0 Å². The second-order valence-electron chi connectivity index (χ2n) is 9.08. The molecule has 0 fully saturated rings. The van der Waals surface area contributed by atoms with Crippen molar-refractivity contribution in [1.82, 2.24) is 5.32 Å². The van der Waals surface area contributed by atoms with Crippen LogP contribution >= 0.6 is 0 Å². The van der Waals surface area contributed by atoms with Gasteiger partial charge >= 0.3 is 0 Å². The Balaban J connectivity index is 2.05. The average Bonchev–Trinajstić information content (AvgIpc) is 3.14. The first kappa shape index (κ1) is 26.9. The van der Waals surface area contributed by atoms with Gasteiger partial charge in [0, 0.05) is 20.3 Å². The summed E-state index contributed by atoms with van der Waals surface area (Å²) < 4.78 is 0.855. The minimum Gasteiger partial charge on any atom is -0.307 e. The molecule has 1 heterocycles. The van der Waals surface area contributed by atoms with Gasteiger partial charge in [0.15, 0.2) is 12.0 Å². The van der Waals surface area contributed by atoms with Crippen molar-refractivity contribution in [3.05, 3.63) is 12.2 Å². The van der Waals surface area contributed by atoms with Crippen LogP contribution in [0.2, 0.25) is 0 Å². The molecule has 174 valence electrons. The van der Waals surface area contributed by atoms with E-state index in [0.29, 0.717) is 0 Å². The molecule has 4 nitrogen and oxygen atoms in total. The van der Waals surface area contributed by atoms with Crippen molar-refractivity contribution in [2.45, 2.75) is 124 Å². The number of hydrogen-bond donors (Lipinski definition) is 1. The SMILES string of the molecule is CCC/C=C/CCCCCCCCCCCCC1=NCC[N+]1(CC)C(C)NC(C)=O. The Morgan fingerprint density at radius 2 is 1.53 bits per heavy atom. The first-order chi connectivity index (χ1) is 14.6. The molecule has 0 bridgehead atoms. The van der Waals surface area contributed by atoms with Crippen LogP contribution < -0.4 is 5.32 Å². The maximum atomic E-state index is 11.5. The highest BCUT2D eigenvalue weighted by Crippen LogP contribution is 2.23. The lowest BCUT2D eigenvalue weighted by molar-refractivity contribution is -0.861. The Bertz CT molecular complexity index is 514. The van der Waals surface area contributed by atoms with E-state index in [0.717, 1.165) is 30.5 Å². The van der Waals surface area contributed by atoms with Gasteiger partial charge in [0.1, 0.15) is 6.54 Å². The molecule has 0 aromatic rings. The molecule has 0 saturated heterocycles. The minimum absolute atomic E-state index is 0.0588. The molecule has 2 unspecified atom stereocenters. The number of allylic oxidation sites excluding steroid dienone is 2. The average molecular weight is 421 g/mol. The van der Waals surface area contributed by atoms with E-state index in [1.54, 1.807) is 6.92 Å². The molecule has 2 atom stereocenters. The maximum absolute atomic E-state index is 11.5. The lowest BCUT2D eigenvalue weighted by Crippen LogP contribution is -2.62. The molecule has 1 rings (SSSR count). The Hall–Kier alpha value is -1.16. The van der Waals surface area contributed by atoms with Crippen LogP contribution in [0.5, 0.6) is 0 Å². The van der Waals surface area contributed by atoms with Crippen LogP contribution in [0.25, 0.3) is 0 Å². The van der Waals surface area contributed by atoms with E-state index in [1.165, 1.54) is 89.3 Å². The summed E-state index contributed by atoms with van der Waals surface area (Å²) in [7, 11) is 0. The lowest BCUT2D eigenvalue weighted by Gasteiger charge is -2.39. The second-order valence-corrected chi connectivity index (χ2v) is 9.08. The highest BCUT2D eigenvalue weighted by atomic mass is 16.1. The molecule has 0 aromatic heterocycles. The van der Waals surface area contributed by atoms with E-state index in [2.05, 4.69) is 38.2 Å². The number of likely N-dealkylation sites (N-methyl/N-ethyl adjacent to an activating group) is 1. The molecule has 0 aromatic carbocycles. The standard InChI is InChI=1S/C26H49N3O/c1-5-7-8-9-10-11-12-13-14-15-16-17-18-19-20-21-26-27-22-23-29(26,6-2)24(3)28-25(4)30/h8-9,24H,5-7,10-23H2,1-4H3/p+1/b9-8+. The predicted molar refractivity (Wildman–Crippen MR) is 131 cm³/mol. The zero-order valence-electron chi connectivity index (χ0n) is 20.6. The van der Waals surface area contributed by atoms with Crippen LogP contribution in [0.1, 0.15) is 118 Å². The Morgan fingerprint density at radius 3 is 2.10 bits per heavy atom. The lowest BCUT2D eigenvalue weighted by atomic mass is 10.0. The fraction of sp³-hybridized carbons (Fsp3) is 0.846. The number of aliphatic imine (C=N–C) groups is 1. The zero-order valence-corrected chi connectivity index (χ0v) is 20.6. The van der Waals surface area contributed by atoms with Crippen LogP contribution in [-0.4, -0.2) is 42.0 Å². The Labute approximate surface area is 187 Å². The van der Waals surface area contributed by atoms with E-state index in [-0.39, 0.29) is 12.1 Å². The number of unbranched alkanes of at least 4 members (excludes halogenated alkanes) is 11. The molecule has 0 spiro atoms. The third-order valence-corrected chi connectivity index (χ3v) is 6.67. The number of carbonyl (C=O) groups is 1. The van der Waals surface area contributed by atoms with Crippen molar-refractivity contribution in [3.63, 3.8) is 0 Å². The number of quaternary nitrogens is 1. The normalized spacial score (nSPS) is 19.9. The number of rotatable bonds is 18. The van der Waals surface area contributed by atoms with Gasteiger partial charge in [-0.05, 0) is 32.6 Å². The number of hydrogen-bond acceptors (Lipinski definition) is 2. The molecule has 0 saturated carbocycles. The summed E-state index contributed by atoms with van der Waals surface area (Å²) in [4.78, 5) is 16.3. The fourth-order valence-electron chi connectivity index (χ4n) is 4.74. The molecular weight excluding hydrogens is 370 g/mol. The maximum Gasteiger partial charge on any atom is 0.221 e. The van der Waals surface area contributed by atoms with Gasteiger partial charge in [-0.1, -0.05) is 76.9 Å². The summed E-state index contributed by atoms with van der Waals surface area (Å²) in [6.07, 6.45) is 23.3. The number of amidine groups is 1. The topological polar surface area (TPSA) is 41.5 Å². The summed E-state index contributed by atoms with van der Waals surface area (Å²) in [6, 6.07) is 0. The highest BCUT2D eigenvalue weighted by molar-refractivity contribution is 5.78. The minimum atomic E-state index is 0.0588. The van der Waals surface area contributed by atoms with E-state index < -0.39 is 0 Å². The third kappa shape index (κ3) is 10.2. The van der Waals surface area contributed by atoms with Crippen LogP contribution in [0.3, 0.4) is 0 Å². The van der Waals surface area contributed by atoms with Gasteiger partial charge in [0.05, 0.1) is 13.1 Å². The predicted octanol–water partition coefficient (Wildman–Crippen LogP) is 6.75. The molecular formula is C26H50N3O+. The molecule has 4 heteroatoms. The summed E-state index contributed by atoms with van der Waals surface area (Å²) in [5, 5.41) is 3.11. The van der Waals surface area contributed by atoms with Crippen molar-refractivity contribution in [3.8, 4) is 0 Å². The van der Waals surface area contributed by atoms with E-state index in [9.17, 15) is 4.79 Å². The van der Waals surface area contributed by atoms with Crippen molar-refractivity contribution >= 4 is 11.7 Å². The zero-order chi connectivity index (χ0) is 22.1. The number of amides is 1. The molecule has 0 radical (unpaired) electrons. The van der Waals surface area contributed by atoms with Gasteiger partial charge in [-0.2, -0.15) is 0 Å². The van der Waals surface area contributed by atoms with Gasteiger partial charge in [0.25, 0.3) is 0 Å². The summed E-state index contributed by atoms with van der Waals surface area (Å²) in [5.74, 6) is 1.37. The molecule has 1 aliphatic heterocycles. The van der Waals surface area contributed by atoms with Gasteiger partial charge in [-0.3, -0.25) is 9.28 Å². The molecule has 1 N–H and O–H groups in total. The summed E-state index contributed by atoms with van der Waals surface area (Å²) >= 11 is 0. The second kappa shape index (κ2) is 16.5. The van der Waals surface area contributed by atoms with Crippen molar-refractivity contribution in [2.75, 3.05) is 19.6 Å². The monoisotopic (exact) mass is 420 g/mol. The van der Waals surface area contributed by atoms with E-state index in [4.69, 9.17) is 4.99 Å². The van der Waals surface area contributed by atoms with Gasteiger partial charge < -0.3 is 5.32 Å². The van der Waals surface area contributed by atoms with Gasteiger partial charge in [-0.25, -0.2) is 4.99 Å². The van der Waals surface area contributed by atoms with Crippen LogP contribution in [0.4, 0.5) is 0 Å². The molecule has 1 aliphatic rings. The number of carbonyl (C=O) groups excluding carboxylic acids is 1. The first-order valence-corrected chi connectivity index (χ1v) is 12.9. The van der Waals surface area contributed by atoms with Crippen molar-refractivity contribution in [2.24, 2.45) is 4.99 Å². The van der Waals surface area contributed by atoms with Gasteiger partial charge in [-0.15, -0.1) is 0 Å². The van der Waals surface area contributed by atoms with Crippen LogP contribution in [-0.2, 0) is 4.79 Å². The first-order valence-electron chi connectivity index (χ1n) is 12.9. The van der Waals surface area contributed by atoms with Crippen molar-refractivity contribution in [1.29, 1.82) is 0 Å². The quantitative estimate of drug-likeness (QED) is 0.149. The fourth-order valence-corrected chi connectivity index (χ4v) is 4.74. The Morgan fingerprint density at radius 1 is 0.967 bits per heavy atom. The van der Waals surface area contributed by atoms with E-state index >= 15 is 0 Å². The van der Waals surface area contributed by atoms with Crippen LogP contribution in [0.15, 0.2) is 17.1 Å². The largest absolute Gasteiger partial charge is 0.307 e. The van der Waals surface area contributed by atoms with Crippen LogP contribution in [0, 0.1) is 0 Å². The molecule has 1 amide bonds. The third-order valence-electron chi connectivity index (χ3n) is 6.67. The highest BCUT2D eigenvalue weighted by Gasteiger charge is 2.41. The van der Waals surface area contributed by atoms with Crippen molar-refractivity contribution < 1.29 is 9.28 Å². The Kier molecular flexibility index (Phi) is 14.8. The molecule has 30 heavy (non-hydrogen) atoms. The van der Waals surface area contributed by atoms with Gasteiger partial charge in [0.2, 0.25) is 5.91 Å². The number of nitrogens with zero attached hydrogens (tertiary/aromatic N) is 2.